The van der Waals surface area contributed by atoms with Crippen LogP contribution in [0.5, 0.6) is 0 Å². The van der Waals surface area contributed by atoms with Crippen molar-refractivity contribution in [2.45, 2.75) is 6.42 Å². The van der Waals surface area contributed by atoms with Crippen LogP contribution in [0.15, 0.2) is 28.3 Å². The summed E-state index contributed by atoms with van der Waals surface area (Å²) in [5.74, 6) is 0.836. The number of rotatable bonds is 2. The first-order chi connectivity index (χ1) is 9.33. The molecular weight excluding hydrogens is 324 g/mol. The Morgan fingerprint density at radius 3 is 2.74 bits per heavy atom. The molecular formula is C13H15BrN4S. The molecule has 6 heteroatoms. The highest BCUT2D eigenvalue weighted by Crippen LogP contribution is 2.30. The lowest BCUT2D eigenvalue weighted by Crippen LogP contribution is -2.29. The zero-order valence-corrected chi connectivity index (χ0v) is 12.9. The van der Waals surface area contributed by atoms with Crippen LogP contribution in [0.4, 0.5) is 5.95 Å². The van der Waals surface area contributed by atoms with Crippen molar-refractivity contribution in [3.05, 3.63) is 28.3 Å². The topological polar surface area (TPSA) is 41.1 Å². The van der Waals surface area contributed by atoms with Crippen LogP contribution in [0.3, 0.4) is 0 Å². The Morgan fingerprint density at radius 1 is 1.16 bits per heavy atom. The van der Waals surface area contributed by atoms with Crippen LogP contribution in [0.2, 0.25) is 0 Å². The van der Waals surface area contributed by atoms with Crippen LogP contribution in [0.1, 0.15) is 6.42 Å². The normalized spacial score (nSPS) is 16.4. The van der Waals surface area contributed by atoms with Crippen LogP contribution in [0.25, 0.3) is 10.4 Å². The molecule has 100 valence electrons. The molecule has 3 rings (SSSR count). The molecule has 4 nitrogen and oxygen atoms in total. The van der Waals surface area contributed by atoms with E-state index in [0.29, 0.717) is 0 Å². The Morgan fingerprint density at radius 2 is 2.00 bits per heavy atom. The standard InChI is InChI=1S/C13H15BrN4S/c14-12-3-2-11(19-12)10-8-16-13(17-9-10)18-6-1-4-15-5-7-18/h2-3,8-9,15H,1,4-7H2. The Bertz CT molecular complexity index is 532. The monoisotopic (exact) mass is 338 g/mol. The number of halogens is 1. The maximum atomic E-state index is 4.51. The van der Waals surface area contributed by atoms with Crippen LogP contribution >= 0.6 is 27.3 Å². The molecule has 2 aromatic rings. The summed E-state index contributed by atoms with van der Waals surface area (Å²) in [5, 5.41) is 3.39. The van der Waals surface area contributed by atoms with Gasteiger partial charge in [-0.1, -0.05) is 0 Å². The van der Waals surface area contributed by atoms with Crippen molar-refractivity contribution in [3.8, 4) is 10.4 Å². The SMILES string of the molecule is Brc1ccc(-c2cnc(N3CCCNCC3)nc2)s1. The zero-order chi connectivity index (χ0) is 13.1. The number of nitrogens with zero attached hydrogens (tertiary/aromatic N) is 3. The van der Waals surface area contributed by atoms with E-state index in [0.717, 1.165) is 47.9 Å². The van der Waals surface area contributed by atoms with Gasteiger partial charge in [0.1, 0.15) is 0 Å². The van der Waals surface area contributed by atoms with Gasteiger partial charge in [0.25, 0.3) is 0 Å². The average molecular weight is 339 g/mol. The van der Waals surface area contributed by atoms with Gasteiger partial charge >= 0.3 is 0 Å². The zero-order valence-electron chi connectivity index (χ0n) is 10.5. The molecule has 0 spiro atoms. The van der Waals surface area contributed by atoms with Gasteiger partial charge in [-0.25, -0.2) is 9.97 Å². The van der Waals surface area contributed by atoms with Gasteiger partial charge in [-0.2, -0.15) is 0 Å². The lowest BCUT2D eigenvalue weighted by atomic mass is 10.3. The quantitative estimate of drug-likeness (QED) is 0.914. The molecule has 0 atom stereocenters. The van der Waals surface area contributed by atoms with Gasteiger partial charge < -0.3 is 10.2 Å². The summed E-state index contributed by atoms with van der Waals surface area (Å²) in [7, 11) is 0. The molecule has 1 fully saturated rings. The first kappa shape index (κ1) is 13.0. The van der Waals surface area contributed by atoms with Crippen molar-refractivity contribution in [1.29, 1.82) is 0 Å². The van der Waals surface area contributed by atoms with E-state index in [9.17, 15) is 0 Å². The largest absolute Gasteiger partial charge is 0.340 e. The molecule has 1 aliphatic rings. The fourth-order valence-corrected chi connectivity index (χ4v) is 3.49. The molecule has 0 bridgehead atoms. The third-order valence-corrected chi connectivity index (χ3v) is 4.79. The highest BCUT2D eigenvalue weighted by atomic mass is 79.9. The van der Waals surface area contributed by atoms with E-state index in [4.69, 9.17) is 0 Å². The molecule has 0 unspecified atom stereocenters. The molecule has 0 aromatic carbocycles. The Balaban J connectivity index is 1.78. The molecule has 0 amide bonds. The molecule has 0 radical (unpaired) electrons. The van der Waals surface area contributed by atoms with Crippen molar-refractivity contribution in [2.75, 3.05) is 31.1 Å². The second-order valence-electron chi connectivity index (χ2n) is 4.47. The molecule has 2 aromatic heterocycles. The van der Waals surface area contributed by atoms with Crippen LogP contribution in [0, 0.1) is 0 Å². The Hall–Kier alpha value is -0.980. The van der Waals surface area contributed by atoms with Crippen molar-refractivity contribution in [2.24, 2.45) is 0 Å². The third-order valence-electron chi connectivity index (χ3n) is 3.12. The maximum Gasteiger partial charge on any atom is 0.225 e. The molecule has 1 saturated heterocycles. The summed E-state index contributed by atoms with van der Waals surface area (Å²) in [6.45, 7) is 4.08. The van der Waals surface area contributed by atoms with Crippen molar-refractivity contribution < 1.29 is 0 Å². The number of hydrogen-bond acceptors (Lipinski definition) is 5. The number of anilines is 1. The molecule has 0 aliphatic carbocycles. The lowest BCUT2D eigenvalue weighted by molar-refractivity contribution is 0.724. The predicted molar refractivity (Wildman–Crippen MR) is 82.7 cm³/mol. The van der Waals surface area contributed by atoms with Gasteiger partial charge in [0.05, 0.1) is 3.79 Å². The van der Waals surface area contributed by atoms with E-state index in [1.165, 1.54) is 4.88 Å². The second kappa shape index (κ2) is 5.98. The van der Waals surface area contributed by atoms with E-state index >= 15 is 0 Å². The first-order valence-electron chi connectivity index (χ1n) is 6.36. The van der Waals surface area contributed by atoms with Gasteiger partial charge in [0, 0.05) is 42.5 Å². The maximum absolute atomic E-state index is 4.51. The van der Waals surface area contributed by atoms with Crippen molar-refractivity contribution >= 4 is 33.2 Å². The molecule has 1 aliphatic heterocycles. The Labute approximate surface area is 125 Å². The molecule has 19 heavy (non-hydrogen) atoms. The lowest BCUT2D eigenvalue weighted by Gasteiger charge is -2.19. The minimum Gasteiger partial charge on any atom is -0.340 e. The summed E-state index contributed by atoms with van der Waals surface area (Å²) >= 11 is 5.18. The second-order valence-corrected chi connectivity index (χ2v) is 6.93. The average Bonchev–Trinajstić information content (AvgIpc) is 2.72. The van der Waals surface area contributed by atoms with E-state index < -0.39 is 0 Å². The van der Waals surface area contributed by atoms with Gasteiger partial charge in [-0.3, -0.25) is 0 Å². The van der Waals surface area contributed by atoms with Crippen molar-refractivity contribution in [3.63, 3.8) is 0 Å². The summed E-state index contributed by atoms with van der Waals surface area (Å²) in [5.41, 5.74) is 1.08. The van der Waals surface area contributed by atoms with Gasteiger partial charge in [0.15, 0.2) is 0 Å². The first-order valence-corrected chi connectivity index (χ1v) is 7.97. The smallest absolute Gasteiger partial charge is 0.225 e. The molecule has 0 saturated carbocycles. The van der Waals surface area contributed by atoms with Crippen LogP contribution < -0.4 is 10.2 Å². The minimum atomic E-state index is 0.836. The minimum absolute atomic E-state index is 0.836. The molecule has 3 heterocycles. The fraction of sp³-hybridized carbons (Fsp3) is 0.385. The predicted octanol–water partition coefficient (Wildman–Crippen LogP) is 2.77. The highest BCUT2D eigenvalue weighted by molar-refractivity contribution is 9.11. The number of hydrogen-bond donors (Lipinski definition) is 1. The Kier molecular flexibility index (Phi) is 4.10. The summed E-state index contributed by atoms with van der Waals surface area (Å²) < 4.78 is 1.13. The summed E-state index contributed by atoms with van der Waals surface area (Å²) in [6, 6.07) is 4.14. The highest BCUT2D eigenvalue weighted by Gasteiger charge is 2.12. The number of thiophene rings is 1. The third kappa shape index (κ3) is 3.13. The van der Waals surface area contributed by atoms with E-state index in [-0.39, 0.29) is 0 Å². The van der Waals surface area contributed by atoms with Gasteiger partial charge in [-0.05, 0) is 41.0 Å². The van der Waals surface area contributed by atoms with Crippen molar-refractivity contribution in [1.82, 2.24) is 15.3 Å². The number of aromatic nitrogens is 2. The van der Waals surface area contributed by atoms with E-state index in [1.807, 2.05) is 18.5 Å². The summed E-state index contributed by atoms with van der Waals surface area (Å²) in [6.07, 6.45) is 4.97. The van der Waals surface area contributed by atoms with E-state index in [2.05, 4.69) is 42.2 Å². The van der Waals surface area contributed by atoms with Gasteiger partial charge in [-0.15, -0.1) is 11.3 Å². The van der Waals surface area contributed by atoms with E-state index in [1.54, 1.807) is 11.3 Å². The molecule has 1 N–H and O–H groups in total. The number of nitrogens with one attached hydrogen (secondary N) is 1. The van der Waals surface area contributed by atoms with Gasteiger partial charge in [0.2, 0.25) is 5.95 Å². The fourth-order valence-electron chi connectivity index (χ4n) is 2.13. The van der Waals surface area contributed by atoms with Crippen LogP contribution in [-0.2, 0) is 0 Å². The van der Waals surface area contributed by atoms with Crippen LogP contribution in [-0.4, -0.2) is 36.1 Å². The summed E-state index contributed by atoms with van der Waals surface area (Å²) in [4.78, 5) is 12.5.